The van der Waals surface area contributed by atoms with E-state index in [0.717, 1.165) is 12.8 Å². The van der Waals surface area contributed by atoms with Crippen LogP contribution in [0.5, 0.6) is 0 Å². The van der Waals surface area contributed by atoms with E-state index < -0.39 is 10.0 Å². The Morgan fingerprint density at radius 3 is 2.62 bits per heavy atom. The highest BCUT2D eigenvalue weighted by molar-refractivity contribution is 7.89. The zero-order valence-electron chi connectivity index (χ0n) is 12.5. The SMILES string of the molecule is CCCCN(C)C(=O)CNS(=O)(=O)c1ccc(Cl)c(C)c1. The van der Waals surface area contributed by atoms with E-state index in [2.05, 4.69) is 4.72 Å². The molecule has 0 atom stereocenters. The number of hydrogen-bond donors (Lipinski definition) is 1. The molecule has 118 valence electrons. The van der Waals surface area contributed by atoms with Crippen molar-refractivity contribution >= 4 is 27.5 Å². The molecule has 1 N–H and O–H groups in total. The van der Waals surface area contributed by atoms with Gasteiger partial charge in [0.05, 0.1) is 11.4 Å². The Kier molecular flexibility index (Phi) is 6.64. The summed E-state index contributed by atoms with van der Waals surface area (Å²) in [6, 6.07) is 4.43. The number of carbonyl (C=O) groups is 1. The van der Waals surface area contributed by atoms with Gasteiger partial charge in [-0.15, -0.1) is 0 Å². The molecule has 1 aromatic rings. The molecule has 0 saturated carbocycles. The van der Waals surface area contributed by atoms with Crippen molar-refractivity contribution in [3.05, 3.63) is 28.8 Å². The Bertz CT molecular complexity index is 602. The Balaban J connectivity index is 2.68. The van der Waals surface area contributed by atoms with Gasteiger partial charge in [-0.1, -0.05) is 24.9 Å². The van der Waals surface area contributed by atoms with Gasteiger partial charge in [0.25, 0.3) is 0 Å². The first-order valence-corrected chi connectivity index (χ1v) is 8.64. The average Bonchev–Trinajstić information content (AvgIpc) is 2.44. The maximum absolute atomic E-state index is 12.1. The standard InChI is InChI=1S/C14H21ClN2O3S/c1-4-5-8-17(3)14(18)10-16-21(19,20)12-6-7-13(15)11(2)9-12/h6-7,9,16H,4-5,8,10H2,1-3H3. The molecule has 0 aliphatic rings. The lowest BCUT2D eigenvalue weighted by Crippen LogP contribution is -2.38. The molecule has 0 spiro atoms. The van der Waals surface area contributed by atoms with Crippen LogP contribution >= 0.6 is 11.6 Å². The van der Waals surface area contributed by atoms with Crippen LogP contribution in [-0.4, -0.2) is 39.4 Å². The lowest BCUT2D eigenvalue weighted by molar-refractivity contribution is -0.128. The summed E-state index contributed by atoms with van der Waals surface area (Å²) in [5, 5.41) is 0.504. The van der Waals surface area contributed by atoms with Crippen LogP contribution in [0.15, 0.2) is 23.1 Å². The van der Waals surface area contributed by atoms with Crippen LogP contribution in [0.1, 0.15) is 25.3 Å². The third-order valence-electron chi connectivity index (χ3n) is 3.13. The maximum Gasteiger partial charge on any atom is 0.241 e. The van der Waals surface area contributed by atoms with Gasteiger partial charge in [-0.25, -0.2) is 13.1 Å². The first kappa shape index (κ1) is 17.9. The second-order valence-electron chi connectivity index (χ2n) is 4.90. The lowest BCUT2D eigenvalue weighted by Gasteiger charge is -2.17. The Labute approximate surface area is 131 Å². The van der Waals surface area contributed by atoms with Crippen molar-refractivity contribution in [3.63, 3.8) is 0 Å². The van der Waals surface area contributed by atoms with E-state index in [9.17, 15) is 13.2 Å². The van der Waals surface area contributed by atoms with Crippen molar-refractivity contribution in [2.45, 2.75) is 31.6 Å². The second-order valence-corrected chi connectivity index (χ2v) is 7.08. The van der Waals surface area contributed by atoms with Crippen LogP contribution in [-0.2, 0) is 14.8 Å². The van der Waals surface area contributed by atoms with Crippen LogP contribution in [0.3, 0.4) is 0 Å². The minimum Gasteiger partial charge on any atom is -0.345 e. The van der Waals surface area contributed by atoms with Gasteiger partial charge in [-0.05, 0) is 37.1 Å². The number of nitrogens with zero attached hydrogens (tertiary/aromatic N) is 1. The van der Waals surface area contributed by atoms with Gasteiger partial charge in [0.15, 0.2) is 0 Å². The molecule has 1 aromatic carbocycles. The fourth-order valence-electron chi connectivity index (χ4n) is 1.68. The zero-order valence-corrected chi connectivity index (χ0v) is 14.1. The van der Waals surface area contributed by atoms with Crippen molar-refractivity contribution in [2.75, 3.05) is 20.1 Å². The average molecular weight is 333 g/mol. The van der Waals surface area contributed by atoms with E-state index >= 15 is 0 Å². The predicted octanol–water partition coefficient (Wildman–Crippen LogP) is 2.19. The first-order valence-electron chi connectivity index (χ1n) is 6.77. The lowest BCUT2D eigenvalue weighted by atomic mass is 10.2. The maximum atomic E-state index is 12.1. The van der Waals surface area contributed by atoms with Crippen molar-refractivity contribution in [1.29, 1.82) is 0 Å². The van der Waals surface area contributed by atoms with Gasteiger partial charge < -0.3 is 4.90 Å². The summed E-state index contributed by atoms with van der Waals surface area (Å²) in [4.78, 5) is 13.5. The third kappa shape index (κ3) is 5.30. The molecule has 0 heterocycles. The fraction of sp³-hybridized carbons (Fsp3) is 0.500. The van der Waals surface area contributed by atoms with Gasteiger partial charge >= 0.3 is 0 Å². The molecule has 0 aliphatic carbocycles. The predicted molar refractivity (Wildman–Crippen MR) is 83.9 cm³/mol. The number of nitrogens with one attached hydrogen (secondary N) is 1. The molecular weight excluding hydrogens is 312 g/mol. The summed E-state index contributed by atoms with van der Waals surface area (Å²) in [5.74, 6) is -0.252. The summed E-state index contributed by atoms with van der Waals surface area (Å²) < 4.78 is 26.5. The number of sulfonamides is 1. The molecule has 7 heteroatoms. The number of amides is 1. The number of hydrogen-bond acceptors (Lipinski definition) is 3. The minimum atomic E-state index is -3.70. The van der Waals surface area contributed by atoms with Crippen molar-refractivity contribution in [3.8, 4) is 0 Å². The van der Waals surface area contributed by atoms with Gasteiger partial charge in [0.2, 0.25) is 15.9 Å². The van der Waals surface area contributed by atoms with Gasteiger partial charge in [0, 0.05) is 18.6 Å². The highest BCUT2D eigenvalue weighted by atomic mass is 35.5. The molecule has 21 heavy (non-hydrogen) atoms. The fourth-order valence-corrected chi connectivity index (χ4v) is 2.86. The molecule has 0 bridgehead atoms. The largest absolute Gasteiger partial charge is 0.345 e. The zero-order chi connectivity index (χ0) is 16.0. The molecule has 0 radical (unpaired) electrons. The Hall–Kier alpha value is -1.11. The number of aryl methyl sites for hydroxylation is 1. The highest BCUT2D eigenvalue weighted by Crippen LogP contribution is 2.19. The summed E-state index contributed by atoms with van der Waals surface area (Å²) >= 11 is 5.87. The number of halogens is 1. The summed E-state index contributed by atoms with van der Waals surface area (Å²) in [6.45, 7) is 4.14. The monoisotopic (exact) mass is 332 g/mol. The van der Waals surface area contributed by atoms with Gasteiger partial charge in [-0.3, -0.25) is 4.79 Å². The number of carbonyl (C=O) groups excluding carboxylic acids is 1. The second kappa shape index (κ2) is 7.77. The normalized spacial score (nSPS) is 11.4. The molecule has 0 aromatic heterocycles. The van der Waals surface area contributed by atoms with E-state index in [1.807, 2.05) is 6.92 Å². The Morgan fingerprint density at radius 2 is 2.05 bits per heavy atom. The van der Waals surface area contributed by atoms with Crippen LogP contribution in [0.2, 0.25) is 5.02 Å². The molecule has 0 unspecified atom stereocenters. The molecular formula is C14H21ClN2O3S. The van der Waals surface area contributed by atoms with Crippen molar-refractivity contribution < 1.29 is 13.2 Å². The van der Waals surface area contributed by atoms with Crippen LogP contribution in [0.4, 0.5) is 0 Å². The van der Waals surface area contributed by atoms with Crippen LogP contribution in [0.25, 0.3) is 0 Å². The Morgan fingerprint density at radius 1 is 1.38 bits per heavy atom. The van der Waals surface area contributed by atoms with E-state index in [0.29, 0.717) is 17.1 Å². The van der Waals surface area contributed by atoms with Crippen LogP contribution < -0.4 is 4.72 Å². The summed E-state index contributed by atoms with van der Waals surface area (Å²) in [5.41, 5.74) is 0.672. The molecule has 0 saturated heterocycles. The van der Waals surface area contributed by atoms with E-state index in [-0.39, 0.29) is 17.3 Å². The molecule has 1 rings (SSSR count). The van der Waals surface area contributed by atoms with Crippen LogP contribution in [0, 0.1) is 6.92 Å². The topological polar surface area (TPSA) is 66.5 Å². The smallest absolute Gasteiger partial charge is 0.241 e. The van der Waals surface area contributed by atoms with Gasteiger partial charge in [0.1, 0.15) is 0 Å². The highest BCUT2D eigenvalue weighted by Gasteiger charge is 2.17. The minimum absolute atomic E-state index is 0.105. The van der Waals surface area contributed by atoms with Crippen molar-refractivity contribution in [2.24, 2.45) is 0 Å². The number of unbranched alkanes of at least 4 members (excludes halogenated alkanes) is 1. The van der Waals surface area contributed by atoms with Crippen molar-refractivity contribution in [1.82, 2.24) is 9.62 Å². The van der Waals surface area contributed by atoms with E-state index in [1.54, 1.807) is 14.0 Å². The summed E-state index contributed by atoms with van der Waals surface area (Å²) in [6.07, 6.45) is 1.87. The van der Waals surface area contributed by atoms with Gasteiger partial charge in [-0.2, -0.15) is 0 Å². The number of likely N-dealkylation sites (N-methyl/N-ethyl adjacent to an activating group) is 1. The molecule has 0 fully saturated rings. The first-order chi connectivity index (χ1) is 9.77. The third-order valence-corrected chi connectivity index (χ3v) is 4.95. The number of rotatable bonds is 7. The number of benzene rings is 1. The van der Waals surface area contributed by atoms with E-state index in [1.165, 1.54) is 23.1 Å². The summed E-state index contributed by atoms with van der Waals surface area (Å²) in [7, 11) is -2.04. The molecule has 0 aliphatic heterocycles. The van der Waals surface area contributed by atoms with E-state index in [4.69, 9.17) is 11.6 Å². The quantitative estimate of drug-likeness (QED) is 0.832. The molecule has 1 amide bonds. The molecule has 5 nitrogen and oxygen atoms in total.